The Morgan fingerprint density at radius 1 is 1.40 bits per heavy atom. The topological polar surface area (TPSA) is 24.1 Å². The lowest BCUT2D eigenvalue weighted by Gasteiger charge is -2.35. The van der Waals surface area contributed by atoms with Gasteiger partial charge in [-0.1, -0.05) is 11.6 Å². The number of hydrogen-bond acceptors (Lipinski definition) is 2. The van der Waals surface area contributed by atoms with Gasteiger partial charge in [-0.2, -0.15) is 0 Å². The molecule has 0 aromatic heterocycles. The van der Waals surface area contributed by atoms with Crippen LogP contribution in [0.5, 0.6) is 0 Å². The first kappa shape index (κ1) is 10.6. The summed E-state index contributed by atoms with van der Waals surface area (Å²) in [5, 5.41) is 6.56. The third kappa shape index (κ3) is 1.76. The minimum atomic E-state index is -0.377. The maximum atomic E-state index is 13.8. The molecule has 2 N–H and O–H groups in total. The number of fused-ring (bicyclic) bond motifs is 1. The second-order valence-corrected chi connectivity index (χ2v) is 5.01. The minimum Gasteiger partial charge on any atom is -0.381 e. The third-order valence-electron chi connectivity index (χ3n) is 2.59. The summed E-state index contributed by atoms with van der Waals surface area (Å²) in [4.78, 5) is 0. The molecule has 0 bridgehead atoms. The molecule has 4 heteroatoms. The van der Waals surface area contributed by atoms with Crippen LogP contribution in [0.15, 0.2) is 6.07 Å². The Kier molecular flexibility index (Phi) is 2.30. The van der Waals surface area contributed by atoms with Gasteiger partial charge in [-0.25, -0.2) is 4.39 Å². The van der Waals surface area contributed by atoms with Crippen LogP contribution in [-0.4, -0.2) is 12.1 Å². The first-order valence-corrected chi connectivity index (χ1v) is 5.29. The van der Waals surface area contributed by atoms with E-state index in [0.717, 1.165) is 17.8 Å². The molecule has 2 nitrogen and oxygen atoms in total. The third-order valence-corrected chi connectivity index (χ3v) is 2.86. The summed E-state index contributed by atoms with van der Waals surface area (Å²) in [6.45, 7) is 6.70. The van der Waals surface area contributed by atoms with E-state index >= 15 is 0 Å². The molecule has 15 heavy (non-hydrogen) atoms. The van der Waals surface area contributed by atoms with E-state index in [2.05, 4.69) is 10.6 Å². The minimum absolute atomic E-state index is 0.162. The quantitative estimate of drug-likeness (QED) is 0.711. The molecule has 0 radical (unpaired) electrons. The van der Waals surface area contributed by atoms with Crippen molar-refractivity contribution >= 4 is 23.0 Å². The van der Waals surface area contributed by atoms with Crippen LogP contribution in [0, 0.1) is 12.7 Å². The molecule has 0 saturated heterocycles. The van der Waals surface area contributed by atoms with E-state index in [1.807, 2.05) is 20.8 Å². The Morgan fingerprint density at radius 2 is 2.07 bits per heavy atom. The maximum absolute atomic E-state index is 13.8. The zero-order chi connectivity index (χ0) is 11.2. The van der Waals surface area contributed by atoms with Crippen LogP contribution in [0.2, 0.25) is 5.02 Å². The summed E-state index contributed by atoms with van der Waals surface area (Å²) in [5.74, 6) is -0.377. The summed E-state index contributed by atoms with van der Waals surface area (Å²) >= 11 is 5.80. The van der Waals surface area contributed by atoms with Crippen molar-refractivity contribution in [2.45, 2.75) is 26.3 Å². The predicted molar refractivity (Wildman–Crippen MR) is 62.3 cm³/mol. The lowest BCUT2D eigenvalue weighted by molar-refractivity contribution is 0.567. The van der Waals surface area contributed by atoms with Gasteiger partial charge in [0, 0.05) is 12.1 Å². The molecule has 1 aromatic carbocycles. The normalized spacial score (nSPS) is 17.7. The summed E-state index contributed by atoms with van der Waals surface area (Å²) < 4.78 is 13.8. The van der Waals surface area contributed by atoms with Gasteiger partial charge in [-0.15, -0.1) is 0 Å². The van der Waals surface area contributed by atoms with Gasteiger partial charge in [0.15, 0.2) is 5.82 Å². The molecule has 0 spiro atoms. The molecular formula is C11H14ClFN2. The van der Waals surface area contributed by atoms with E-state index in [1.165, 1.54) is 0 Å². The fraction of sp³-hybridized carbons (Fsp3) is 0.455. The molecule has 1 aliphatic heterocycles. The summed E-state index contributed by atoms with van der Waals surface area (Å²) in [6, 6.07) is 1.64. The van der Waals surface area contributed by atoms with Crippen molar-refractivity contribution in [1.29, 1.82) is 0 Å². The Balaban J connectivity index is 2.58. The Morgan fingerprint density at radius 3 is 2.73 bits per heavy atom. The van der Waals surface area contributed by atoms with Crippen LogP contribution < -0.4 is 10.6 Å². The molecular weight excluding hydrogens is 215 g/mol. The zero-order valence-electron chi connectivity index (χ0n) is 9.04. The van der Waals surface area contributed by atoms with Gasteiger partial charge < -0.3 is 10.6 Å². The van der Waals surface area contributed by atoms with Gasteiger partial charge >= 0.3 is 0 Å². The number of nitrogens with one attached hydrogen (secondary N) is 2. The van der Waals surface area contributed by atoms with Crippen LogP contribution in [0.4, 0.5) is 15.8 Å². The van der Waals surface area contributed by atoms with Crippen molar-refractivity contribution in [3.63, 3.8) is 0 Å². The average Bonchev–Trinajstić information content (AvgIpc) is 2.13. The van der Waals surface area contributed by atoms with Gasteiger partial charge in [0.25, 0.3) is 0 Å². The van der Waals surface area contributed by atoms with Gasteiger partial charge in [0.05, 0.1) is 16.4 Å². The molecule has 2 rings (SSSR count). The van der Waals surface area contributed by atoms with Gasteiger partial charge in [-0.05, 0) is 32.4 Å². The second kappa shape index (κ2) is 3.27. The Bertz CT molecular complexity index is 416. The van der Waals surface area contributed by atoms with E-state index in [1.54, 1.807) is 6.07 Å². The van der Waals surface area contributed by atoms with Gasteiger partial charge in [-0.3, -0.25) is 0 Å². The fourth-order valence-corrected chi connectivity index (χ4v) is 2.05. The molecule has 0 saturated carbocycles. The first-order valence-electron chi connectivity index (χ1n) is 4.91. The van der Waals surface area contributed by atoms with Crippen molar-refractivity contribution < 1.29 is 4.39 Å². The lowest BCUT2D eigenvalue weighted by atomic mass is 9.99. The lowest BCUT2D eigenvalue weighted by Crippen LogP contribution is -2.42. The van der Waals surface area contributed by atoms with E-state index in [9.17, 15) is 4.39 Å². The van der Waals surface area contributed by atoms with Crippen LogP contribution in [-0.2, 0) is 0 Å². The largest absolute Gasteiger partial charge is 0.381 e. The van der Waals surface area contributed by atoms with Crippen LogP contribution in [0.1, 0.15) is 19.4 Å². The van der Waals surface area contributed by atoms with Crippen LogP contribution >= 0.6 is 11.6 Å². The second-order valence-electron chi connectivity index (χ2n) is 4.60. The maximum Gasteiger partial charge on any atom is 0.167 e. The van der Waals surface area contributed by atoms with E-state index < -0.39 is 0 Å². The Hall–Kier alpha value is -0.960. The van der Waals surface area contributed by atoms with Crippen molar-refractivity contribution in [1.82, 2.24) is 0 Å². The molecule has 0 fully saturated rings. The predicted octanol–water partition coefficient (Wildman–Crippen LogP) is 3.40. The molecule has 0 amide bonds. The highest BCUT2D eigenvalue weighted by molar-refractivity contribution is 6.31. The number of aryl methyl sites for hydroxylation is 1. The highest BCUT2D eigenvalue weighted by Gasteiger charge is 2.28. The van der Waals surface area contributed by atoms with Crippen molar-refractivity contribution in [3.8, 4) is 0 Å². The highest BCUT2D eigenvalue weighted by Crippen LogP contribution is 2.38. The number of halogens is 2. The van der Waals surface area contributed by atoms with Crippen LogP contribution in [0.25, 0.3) is 0 Å². The van der Waals surface area contributed by atoms with Crippen LogP contribution in [0.3, 0.4) is 0 Å². The van der Waals surface area contributed by atoms with Crippen molar-refractivity contribution in [3.05, 3.63) is 22.5 Å². The van der Waals surface area contributed by atoms with E-state index in [4.69, 9.17) is 11.6 Å². The zero-order valence-corrected chi connectivity index (χ0v) is 9.80. The SMILES string of the molecule is Cc1cc(Cl)c(F)c2c1NCC(C)(C)N2. The summed E-state index contributed by atoms with van der Waals surface area (Å²) in [6.07, 6.45) is 0. The molecule has 0 unspecified atom stereocenters. The molecule has 82 valence electrons. The van der Waals surface area contributed by atoms with E-state index in [-0.39, 0.29) is 16.4 Å². The summed E-state index contributed by atoms with van der Waals surface area (Å²) in [5.41, 5.74) is 2.09. The standard InChI is InChI=1S/C11H14ClFN2/c1-6-4-7(12)8(13)10-9(6)14-5-11(2,3)15-10/h4,14-15H,5H2,1-3H3. The fourth-order valence-electron chi connectivity index (χ4n) is 1.79. The number of benzene rings is 1. The first-order chi connectivity index (χ1) is 6.91. The number of rotatable bonds is 0. The summed E-state index contributed by atoms with van der Waals surface area (Å²) in [7, 11) is 0. The molecule has 1 heterocycles. The van der Waals surface area contributed by atoms with Gasteiger partial charge in [0.2, 0.25) is 0 Å². The van der Waals surface area contributed by atoms with Gasteiger partial charge in [0.1, 0.15) is 0 Å². The van der Waals surface area contributed by atoms with Crippen molar-refractivity contribution in [2.24, 2.45) is 0 Å². The average molecular weight is 229 g/mol. The smallest absolute Gasteiger partial charge is 0.167 e. The number of hydrogen-bond donors (Lipinski definition) is 2. The molecule has 1 aromatic rings. The molecule has 1 aliphatic rings. The molecule has 0 atom stereocenters. The highest BCUT2D eigenvalue weighted by atomic mass is 35.5. The molecule has 0 aliphatic carbocycles. The number of anilines is 2. The Labute approximate surface area is 93.8 Å². The monoisotopic (exact) mass is 228 g/mol. The van der Waals surface area contributed by atoms with E-state index in [0.29, 0.717) is 5.69 Å². The van der Waals surface area contributed by atoms with Crippen molar-refractivity contribution in [2.75, 3.05) is 17.2 Å².